The number of hydrazine groups is 1. The average Bonchev–Trinajstić information content (AvgIpc) is 3.04. The largest absolute Gasteiger partial charge is 0.400 e. The number of piperidine rings is 1. The summed E-state index contributed by atoms with van der Waals surface area (Å²) in [7, 11) is 1.00. The van der Waals surface area contributed by atoms with Crippen LogP contribution in [0.3, 0.4) is 0 Å². The Morgan fingerprint density at radius 1 is 1.05 bits per heavy atom. The number of nitrogens with one attached hydrogen (secondary N) is 1. The summed E-state index contributed by atoms with van der Waals surface area (Å²) >= 11 is 0. The molecular formula is C32H31N5O4. The molecule has 4 N–H and O–H groups in total. The minimum atomic E-state index is -0.413. The van der Waals surface area contributed by atoms with Crippen molar-refractivity contribution in [1.29, 1.82) is 0 Å². The van der Waals surface area contributed by atoms with Crippen LogP contribution in [0.2, 0.25) is 0 Å². The topological polar surface area (TPSA) is 139 Å². The van der Waals surface area contributed by atoms with Crippen LogP contribution >= 0.6 is 0 Å². The molecule has 1 aliphatic rings. The highest BCUT2D eigenvalue weighted by atomic mass is 16.2. The van der Waals surface area contributed by atoms with Gasteiger partial charge in [-0.25, -0.2) is 10.8 Å². The van der Waals surface area contributed by atoms with Gasteiger partial charge >= 0.3 is 0 Å². The van der Waals surface area contributed by atoms with Gasteiger partial charge in [0, 0.05) is 66.2 Å². The van der Waals surface area contributed by atoms with Gasteiger partial charge in [-0.1, -0.05) is 24.0 Å². The molecule has 9 nitrogen and oxygen atoms in total. The van der Waals surface area contributed by atoms with E-state index in [-0.39, 0.29) is 11.9 Å². The lowest BCUT2D eigenvalue weighted by atomic mass is 9.98. The van der Waals surface area contributed by atoms with Gasteiger partial charge in [-0.2, -0.15) is 0 Å². The first-order valence-corrected chi connectivity index (χ1v) is 13.2. The fraction of sp³-hybridized carbons (Fsp3) is 0.219. The molecule has 1 atom stereocenters. The number of fused-ring (bicyclic) bond motifs is 1. The number of nitrogens with zero attached hydrogens (tertiary/aromatic N) is 3. The van der Waals surface area contributed by atoms with Crippen LogP contribution in [0.5, 0.6) is 0 Å². The van der Waals surface area contributed by atoms with Gasteiger partial charge in [-0.05, 0) is 67.8 Å². The third-order valence-corrected chi connectivity index (χ3v) is 6.91. The van der Waals surface area contributed by atoms with Crippen molar-refractivity contribution in [2.24, 2.45) is 5.84 Å². The number of carbonyl (C=O) groups is 3. The Kier molecular flexibility index (Phi) is 9.89. The molecule has 5 rings (SSSR count). The molecule has 1 saturated heterocycles. The van der Waals surface area contributed by atoms with Crippen molar-refractivity contribution in [1.82, 2.24) is 20.3 Å². The second-order valence-electron chi connectivity index (χ2n) is 9.38. The van der Waals surface area contributed by atoms with Crippen molar-refractivity contribution in [3.63, 3.8) is 0 Å². The van der Waals surface area contributed by atoms with Gasteiger partial charge in [-0.3, -0.25) is 20.0 Å². The first-order chi connectivity index (χ1) is 20.1. The van der Waals surface area contributed by atoms with E-state index in [2.05, 4.69) is 27.2 Å². The Labute approximate surface area is 238 Å². The average molecular weight is 550 g/mol. The molecular weight excluding hydrogens is 518 g/mol. The van der Waals surface area contributed by atoms with E-state index >= 15 is 0 Å². The number of aliphatic hydroxyl groups excluding tert-OH is 1. The molecule has 208 valence electrons. The number of carbonyl (C=O) groups excluding carboxylic acids is 3. The molecule has 0 bridgehead atoms. The van der Waals surface area contributed by atoms with Crippen molar-refractivity contribution in [3.05, 3.63) is 95.3 Å². The Morgan fingerprint density at radius 2 is 1.73 bits per heavy atom. The summed E-state index contributed by atoms with van der Waals surface area (Å²) in [5.74, 6) is 11.2. The number of amides is 2. The zero-order valence-corrected chi connectivity index (χ0v) is 22.7. The summed E-state index contributed by atoms with van der Waals surface area (Å²) in [5, 5.41) is 7.62. The molecule has 0 saturated carbocycles. The zero-order valence-electron chi connectivity index (χ0n) is 22.7. The summed E-state index contributed by atoms with van der Waals surface area (Å²) in [6, 6.07) is 18.3. The van der Waals surface area contributed by atoms with E-state index in [0.29, 0.717) is 40.7 Å². The molecule has 41 heavy (non-hydrogen) atoms. The lowest BCUT2D eigenvalue weighted by Gasteiger charge is -2.35. The standard InChI is InChI=1S/C31H27N5O3.CH4O/c32-35-30(38)26-19-29(34-28-14-16-33-20-27(26)28)23-10-6-21(7-11-23)4-5-22-8-12-24(13-9-22)31(39)36-17-2-1-3-25(36)15-18-37;1-2/h6-14,16,18-20,25H,1-3,15,17,32H2,(H,35,38);2H,1H3. The number of aldehydes is 1. The predicted molar refractivity (Wildman–Crippen MR) is 157 cm³/mol. The SMILES string of the molecule is CO.NNC(=O)c1cc(-c2ccc(C#Cc3ccc(C(=O)N4CCCCC4CC=O)cc3)cc2)nc2ccncc12. The summed E-state index contributed by atoms with van der Waals surface area (Å²) < 4.78 is 0. The fourth-order valence-corrected chi connectivity index (χ4v) is 4.84. The Bertz CT molecular complexity index is 1590. The molecule has 3 heterocycles. The third-order valence-electron chi connectivity index (χ3n) is 6.91. The molecule has 1 fully saturated rings. The van der Waals surface area contributed by atoms with E-state index in [1.807, 2.05) is 41.3 Å². The van der Waals surface area contributed by atoms with Crippen LogP contribution in [0.15, 0.2) is 73.1 Å². The van der Waals surface area contributed by atoms with Gasteiger partial charge in [0.25, 0.3) is 11.8 Å². The summed E-state index contributed by atoms with van der Waals surface area (Å²) in [5.41, 5.74) is 6.90. The van der Waals surface area contributed by atoms with Gasteiger partial charge in [-0.15, -0.1) is 0 Å². The quantitative estimate of drug-likeness (QED) is 0.114. The summed E-state index contributed by atoms with van der Waals surface area (Å²) in [6.45, 7) is 0.683. The number of aromatic nitrogens is 2. The van der Waals surface area contributed by atoms with Gasteiger partial charge in [0.1, 0.15) is 6.29 Å². The van der Waals surface area contributed by atoms with Crippen molar-refractivity contribution in [3.8, 4) is 23.1 Å². The predicted octanol–water partition coefficient (Wildman–Crippen LogP) is 3.49. The minimum Gasteiger partial charge on any atom is -0.400 e. The Hall–Kier alpha value is -4.91. The monoisotopic (exact) mass is 549 g/mol. The molecule has 4 aromatic rings. The summed E-state index contributed by atoms with van der Waals surface area (Å²) in [6.07, 6.45) is 7.37. The number of hydrogen-bond acceptors (Lipinski definition) is 7. The van der Waals surface area contributed by atoms with E-state index in [0.717, 1.165) is 49.3 Å². The van der Waals surface area contributed by atoms with Gasteiger partial charge in [0.15, 0.2) is 0 Å². The lowest BCUT2D eigenvalue weighted by Crippen LogP contribution is -2.43. The first kappa shape index (κ1) is 29.1. The molecule has 0 spiro atoms. The Balaban J connectivity index is 0.00000189. The van der Waals surface area contributed by atoms with Crippen molar-refractivity contribution in [2.45, 2.75) is 31.7 Å². The lowest BCUT2D eigenvalue weighted by molar-refractivity contribution is -0.108. The third kappa shape index (κ3) is 6.81. The van der Waals surface area contributed by atoms with Crippen molar-refractivity contribution in [2.75, 3.05) is 13.7 Å². The van der Waals surface area contributed by atoms with E-state index in [1.165, 1.54) is 0 Å². The van der Waals surface area contributed by atoms with E-state index in [4.69, 9.17) is 10.9 Å². The number of nitrogens with two attached hydrogens (primary N) is 1. The van der Waals surface area contributed by atoms with Gasteiger partial charge in [0.05, 0.1) is 16.8 Å². The maximum atomic E-state index is 13.0. The molecule has 2 aromatic carbocycles. The highest BCUT2D eigenvalue weighted by Crippen LogP contribution is 2.25. The number of aliphatic hydroxyl groups is 1. The number of nitrogen functional groups attached to an aromatic ring is 1. The van der Waals surface area contributed by atoms with Crippen molar-refractivity contribution >= 4 is 29.0 Å². The van der Waals surface area contributed by atoms with Gasteiger partial charge in [0.2, 0.25) is 0 Å². The van der Waals surface area contributed by atoms with E-state index in [1.54, 1.807) is 36.7 Å². The van der Waals surface area contributed by atoms with Crippen LogP contribution in [-0.4, -0.2) is 57.8 Å². The first-order valence-electron chi connectivity index (χ1n) is 13.2. The molecule has 2 aromatic heterocycles. The van der Waals surface area contributed by atoms with Crippen LogP contribution in [0.1, 0.15) is 57.5 Å². The smallest absolute Gasteiger partial charge is 0.265 e. The highest BCUT2D eigenvalue weighted by molar-refractivity contribution is 6.06. The van der Waals surface area contributed by atoms with Crippen LogP contribution < -0.4 is 11.3 Å². The normalized spacial score (nSPS) is 14.2. The van der Waals surface area contributed by atoms with Crippen LogP contribution in [0.4, 0.5) is 0 Å². The number of rotatable bonds is 5. The van der Waals surface area contributed by atoms with E-state index < -0.39 is 5.91 Å². The van der Waals surface area contributed by atoms with Crippen molar-refractivity contribution < 1.29 is 19.5 Å². The molecule has 1 aliphatic heterocycles. The van der Waals surface area contributed by atoms with Crippen LogP contribution in [0, 0.1) is 11.8 Å². The van der Waals surface area contributed by atoms with E-state index in [9.17, 15) is 14.4 Å². The second-order valence-corrected chi connectivity index (χ2v) is 9.38. The van der Waals surface area contributed by atoms with Gasteiger partial charge < -0.3 is 14.8 Å². The molecule has 0 radical (unpaired) electrons. The minimum absolute atomic E-state index is 0.0163. The number of likely N-dealkylation sites (tertiary alicyclic amines) is 1. The number of benzene rings is 2. The summed E-state index contributed by atoms with van der Waals surface area (Å²) in [4.78, 5) is 46.9. The van der Waals surface area contributed by atoms with Crippen LogP contribution in [-0.2, 0) is 4.79 Å². The molecule has 0 aliphatic carbocycles. The van der Waals surface area contributed by atoms with Crippen LogP contribution in [0.25, 0.3) is 22.2 Å². The molecule has 1 unspecified atom stereocenters. The number of hydrogen-bond donors (Lipinski definition) is 3. The second kappa shape index (κ2) is 13.9. The zero-order chi connectivity index (χ0) is 29.2. The molecule has 9 heteroatoms. The maximum Gasteiger partial charge on any atom is 0.265 e. The maximum absolute atomic E-state index is 13.0. The highest BCUT2D eigenvalue weighted by Gasteiger charge is 2.27. The molecule has 2 amide bonds. The Morgan fingerprint density at radius 3 is 2.39 bits per heavy atom. The fourth-order valence-electron chi connectivity index (χ4n) is 4.84. The number of pyridine rings is 2.